The minimum atomic E-state index is -3.83. The van der Waals surface area contributed by atoms with Crippen molar-refractivity contribution in [2.75, 3.05) is 10.8 Å². The summed E-state index contributed by atoms with van der Waals surface area (Å²) in [6, 6.07) is 18.0. The first-order valence-electron chi connectivity index (χ1n) is 10.1. The predicted molar refractivity (Wildman–Crippen MR) is 121 cm³/mol. The summed E-state index contributed by atoms with van der Waals surface area (Å²) in [6.45, 7) is -0.339. The molecule has 0 aliphatic carbocycles. The number of halogens is 1. The van der Waals surface area contributed by atoms with Crippen LogP contribution in [0.25, 0.3) is 10.8 Å². The number of aromatic nitrogens is 1. The van der Waals surface area contributed by atoms with Gasteiger partial charge in [-0.05, 0) is 47.3 Å². The first kappa shape index (κ1) is 20.9. The van der Waals surface area contributed by atoms with Crippen molar-refractivity contribution in [1.82, 2.24) is 10.3 Å². The van der Waals surface area contributed by atoms with E-state index in [9.17, 15) is 17.6 Å². The van der Waals surface area contributed by atoms with Crippen LogP contribution in [0.1, 0.15) is 5.56 Å². The van der Waals surface area contributed by atoms with Crippen molar-refractivity contribution in [1.29, 1.82) is 0 Å². The molecule has 0 atom stereocenters. The number of rotatable bonds is 6. The molecule has 0 bridgehead atoms. The van der Waals surface area contributed by atoms with Crippen LogP contribution in [0.15, 0.2) is 84.0 Å². The van der Waals surface area contributed by atoms with E-state index in [0.29, 0.717) is 22.4 Å². The van der Waals surface area contributed by atoms with Crippen LogP contribution in [-0.4, -0.2) is 25.9 Å². The number of nitrogens with one attached hydrogen (secondary N) is 1. The van der Waals surface area contributed by atoms with Gasteiger partial charge in [-0.15, -0.1) is 0 Å². The van der Waals surface area contributed by atoms with E-state index in [0.717, 1.165) is 9.69 Å². The summed E-state index contributed by atoms with van der Waals surface area (Å²) in [5, 5.41) is 4.06. The number of hydrogen-bond acceptors (Lipinski definition) is 5. The Labute approximate surface area is 189 Å². The molecule has 33 heavy (non-hydrogen) atoms. The monoisotopic (exact) mass is 463 g/mol. The smallest absolute Gasteiger partial charge is 0.265 e. The Kier molecular flexibility index (Phi) is 5.18. The fourth-order valence-corrected chi connectivity index (χ4v) is 5.45. The molecule has 1 N–H and O–H groups in total. The van der Waals surface area contributed by atoms with Crippen LogP contribution in [0, 0.1) is 5.82 Å². The summed E-state index contributed by atoms with van der Waals surface area (Å²) in [4.78, 5) is 16.7. The quantitative estimate of drug-likeness (QED) is 0.467. The largest absolute Gasteiger partial charge is 0.453 e. The van der Waals surface area contributed by atoms with Gasteiger partial charge in [-0.3, -0.25) is 14.1 Å². The molecule has 0 saturated heterocycles. The summed E-state index contributed by atoms with van der Waals surface area (Å²) in [7, 11) is -3.83. The number of carbonyl (C=O) groups excluding carboxylic acids is 1. The Hall–Kier alpha value is -3.98. The van der Waals surface area contributed by atoms with Crippen molar-refractivity contribution in [2.45, 2.75) is 11.4 Å². The Morgan fingerprint density at radius 2 is 1.88 bits per heavy atom. The normalized spacial score (nSPS) is 13.8. The van der Waals surface area contributed by atoms with Crippen molar-refractivity contribution in [3.8, 4) is 11.5 Å². The van der Waals surface area contributed by atoms with E-state index in [2.05, 4.69) is 10.3 Å². The highest BCUT2D eigenvalue weighted by atomic mass is 32.2. The highest BCUT2D eigenvalue weighted by Crippen LogP contribution is 2.41. The maximum absolute atomic E-state index is 14.4. The molecule has 4 aromatic rings. The lowest BCUT2D eigenvalue weighted by atomic mass is 10.1. The zero-order valence-corrected chi connectivity index (χ0v) is 18.0. The fourth-order valence-electron chi connectivity index (χ4n) is 3.79. The number of amides is 1. The number of nitrogens with zero attached hydrogens (tertiary/aromatic N) is 2. The molecule has 7 nitrogen and oxygen atoms in total. The van der Waals surface area contributed by atoms with Gasteiger partial charge < -0.3 is 10.1 Å². The van der Waals surface area contributed by atoms with E-state index in [1.165, 1.54) is 24.4 Å². The minimum Gasteiger partial charge on any atom is -0.453 e. The van der Waals surface area contributed by atoms with E-state index in [1.54, 1.807) is 42.6 Å². The predicted octanol–water partition coefficient (Wildman–Crippen LogP) is 3.99. The zero-order valence-electron chi connectivity index (χ0n) is 17.2. The molecule has 2 heterocycles. The number of ether oxygens (including phenoxy) is 1. The summed E-state index contributed by atoms with van der Waals surface area (Å²) in [5.41, 5.74) is 0.982. The second-order valence-electron chi connectivity index (χ2n) is 7.48. The Balaban J connectivity index is 1.27. The molecule has 0 spiro atoms. The van der Waals surface area contributed by atoms with Crippen LogP contribution in [-0.2, 0) is 21.4 Å². The van der Waals surface area contributed by atoms with Gasteiger partial charge in [-0.25, -0.2) is 12.8 Å². The van der Waals surface area contributed by atoms with E-state index in [4.69, 9.17) is 4.74 Å². The average molecular weight is 463 g/mol. The molecule has 166 valence electrons. The molecule has 1 amide bonds. The van der Waals surface area contributed by atoms with Crippen LogP contribution in [0.4, 0.5) is 10.1 Å². The first-order valence-corrected chi connectivity index (χ1v) is 11.5. The number of pyridine rings is 1. The van der Waals surface area contributed by atoms with Gasteiger partial charge in [0.25, 0.3) is 10.0 Å². The Morgan fingerprint density at radius 3 is 2.64 bits per heavy atom. The Morgan fingerprint density at radius 1 is 1.06 bits per heavy atom. The molecule has 3 aromatic carbocycles. The number of benzene rings is 3. The van der Waals surface area contributed by atoms with Gasteiger partial charge in [-0.2, -0.15) is 0 Å². The van der Waals surface area contributed by atoms with Crippen molar-refractivity contribution in [3.05, 3.63) is 90.5 Å². The number of carbonyl (C=O) groups is 1. The van der Waals surface area contributed by atoms with Crippen LogP contribution in [0.3, 0.4) is 0 Å². The second-order valence-corrected chi connectivity index (χ2v) is 9.31. The lowest BCUT2D eigenvalue weighted by Crippen LogP contribution is -2.38. The maximum atomic E-state index is 14.4. The molecule has 9 heteroatoms. The number of anilines is 1. The molecule has 5 rings (SSSR count). The maximum Gasteiger partial charge on any atom is 0.265 e. The average Bonchev–Trinajstić information content (AvgIpc) is 3.03. The van der Waals surface area contributed by atoms with Gasteiger partial charge >= 0.3 is 0 Å². The van der Waals surface area contributed by atoms with Crippen molar-refractivity contribution in [3.63, 3.8) is 0 Å². The van der Waals surface area contributed by atoms with Crippen molar-refractivity contribution < 1.29 is 22.3 Å². The standard InChI is InChI=1S/C24H18FN3O4S/c25-19-12-16(9-10-21(19)32-18-6-3-11-26-14-18)13-27-23(29)15-28-20-7-1-4-17-5-2-8-22(24(17)20)33(28,30)31/h1-12,14H,13,15H2,(H,27,29). The molecule has 0 fully saturated rings. The fraction of sp³-hybridized carbons (Fsp3) is 0.0833. The molecule has 0 saturated carbocycles. The van der Waals surface area contributed by atoms with Crippen LogP contribution in [0.2, 0.25) is 0 Å². The SMILES string of the molecule is O=C(CN1c2cccc3cccc(c23)S1(=O)=O)NCc1ccc(Oc2cccnc2)c(F)c1. The van der Waals surface area contributed by atoms with E-state index >= 15 is 0 Å². The van der Waals surface area contributed by atoms with E-state index in [-0.39, 0.29) is 23.7 Å². The number of sulfonamides is 1. The highest BCUT2D eigenvalue weighted by Gasteiger charge is 2.36. The lowest BCUT2D eigenvalue weighted by Gasteiger charge is -2.18. The third-order valence-electron chi connectivity index (χ3n) is 5.32. The van der Waals surface area contributed by atoms with Gasteiger partial charge in [0, 0.05) is 18.1 Å². The molecule has 1 aliphatic rings. The third kappa shape index (κ3) is 3.87. The van der Waals surface area contributed by atoms with E-state index < -0.39 is 21.7 Å². The molecular weight excluding hydrogens is 445 g/mol. The third-order valence-corrected chi connectivity index (χ3v) is 7.12. The summed E-state index contributed by atoms with van der Waals surface area (Å²) < 4.78 is 47.0. The summed E-state index contributed by atoms with van der Waals surface area (Å²) in [6.07, 6.45) is 3.06. The van der Waals surface area contributed by atoms with Crippen LogP contribution in [0.5, 0.6) is 11.5 Å². The molecule has 0 unspecified atom stereocenters. The summed E-state index contributed by atoms with van der Waals surface area (Å²) in [5.74, 6) is -0.651. The Bertz CT molecular complexity index is 1470. The minimum absolute atomic E-state index is 0.0343. The molecule has 0 radical (unpaired) electrons. The molecular formula is C24H18FN3O4S. The first-order chi connectivity index (χ1) is 15.9. The van der Waals surface area contributed by atoms with Gasteiger partial charge in [0.1, 0.15) is 12.3 Å². The second kappa shape index (κ2) is 8.18. The van der Waals surface area contributed by atoms with Crippen LogP contribution < -0.4 is 14.4 Å². The van der Waals surface area contributed by atoms with Gasteiger partial charge in [-0.1, -0.05) is 30.3 Å². The summed E-state index contributed by atoms with van der Waals surface area (Å²) >= 11 is 0. The van der Waals surface area contributed by atoms with Gasteiger partial charge in [0.2, 0.25) is 5.91 Å². The van der Waals surface area contributed by atoms with Crippen molar-refractivity contribution in [2.24, 2.45) is 0 Å². The van der Waals surface area contributed by atoms with E-state index in [1.807, 2.05) is 12.1 Å². The van der Waals surface area contributed by atoms with Crippen LogP contribution >= 0.6 is 0 Å². The van der Waals surface area contributed by atoms with Gasteiger partial charge in [0.05, 0.1) is 16.8 Å². The number of hydrogen-bond donors (Lipinski definition) is 1. The topological polar surface area (TPSA) is 88.6 Å². The highest BCUT2D eigenvalue weighted by molar-refractivity contribution is 7.93. The van der Waals surface area contributed by atoms with Gasteiger partial charge in [0.15, 0.2) is 11.6 Å². The van der Waals surface area contributed by atoms with Crippen molar-refractivity contribution >= 4 is 32.4 Å². The molecule has 1 aliphatic heterocycles. The molecule has 1 aromatic heterocycles. The zero-order chi connectivity index (χ0) is 23.0. The lowest BCUT2D eigenvalue weighted by molar-refractivity contribution is -0.119.